The van der Waals surface area contributed by atoms with Crippen LogP contribution in [0.5, 0.6) is 11.6 Å². The predicted octanol–water partition coefficient (Wildman–Crippen LogP) is 6.47. The second kappa shape index (κ2) is 16.7. The fourth-order valence-electron chi connectivity index (χ4n) is 7.86. The Labute approximate surface area is 304 Å². The first-order valence-electron chi connectivity index (χ1n) is 18.6. The van der Waals surface area contributed by atoms with Crippen LogP contribution in [0.3, 0.4) is 0 Å². The highest BCUT2D eigenvalue weighted by atomic mass is 32.2. The molecule has 51 heavy (non-hydrogen) atoms. The normalized spacial score (nSPS) is 23.2. The molecule has 3 aliphatic heterocycles. The van der Waals surface area contributed by atoms with Gasteiger partial charge in [-0.1, -0.05) is 36.4 Å². The quantitative estimate of drug-likeness (QED) is 0.235. The number of nitrogens with zero attached hydrogens (tertiary/aromatic N) is 4. The van der Waals surface area contributed by atoms with Crippen molar-refractivity contribution >= 4 is 28.6 Å². The fourth-order valence-corrected chi connectivity index (χ4v) is 8.68. The van der Waals surface area contributed by atoms with Crippen molar-refractivity contribution < 1.29 is 18.7 Å². The Bertz CT molecular complexity index is 1700. The molecule has 2 N–H and O–H groups in total. The van der Waals surface area contributed by atoms with Gasteiger partial charge in [-0.25, -0.2) is 9.37 Å². The van der Waals surface area contributed by atoms with E-state index in [9.17, 15) is 14.0 Å². The van der Waals surface area contributed by atoms with Crippen LogP contribution in [-0.4, -0.2) is 94.3 Å². The number of nitrogens with one attached hydrogen (secondary N) is 2. The van der Waals surface area contributed by atoms with Crippen LogP contribution in [0.4, 0.5) is 4.39 Å². The van der Waals surface area contributed by atoms with Gasteiger partial charge in [-0.3, -0.25) is 14.6 Å². The molecule has 11 heteroatoms. The van der Waals surface area contributed by atoms with E-state index in [0.29, 0.717) is 24.3 Å². The molecule has 270 valence electrons. The standard InChI is InChI=1S/C40H49FN6O3S/c1-27-43-37(26-51-27)39(49)45-33-13-11-32(12-14-33)44-38(48)36-24-31(41)25-42-40(36)50-35-6-4-5-30(23-35)29-9-7-28(8-10-29)15-20-46-21-16-34(17-22-46)47-18-2-3-19-47/h4-10,23-25,32-34,37H,2-3,11-22,26H2,1H3,(H,44,48)(H,45,49). The van der Waals surface area contributed by atoms with Gasteiger partial charge in [0.05, 0.1) is 11.2 Å². The van der Waals surface area contributed by atoms with E-state index in [2.05, 4.69) is 54.7 Å². The van der Waals surface area contributed by atoms with Crippen LogP contribution in [0.15, 0.2) is 65.8 Å². The molecule has 1 atom stereocenters. The predicted molar refractivity (Wildman–Crippen MR) is 201 cm³/mol. The second-order valence-electron chi connectivity index (χ2n) is 14.4. The number of piperidine rings is 1. The third kappa shape index (κ3) is 9.36. The number of amides is 2. The highest BCUT2D eigenvalue weighted by molar-refractivity contribution is 8.14. The summed E-state index contributed by atoms with van der Waals surface area (Å²) >= 11 is 1.61. The van der Waals surface area contributed by atoms with Crippen LogP contribution in [0, 0.1) is 5.82 Å². The Balaban J connectivity index is 0.908. The van der Waals surface area contributed by atoms with Crippen LogP contribution in [0.2, 0.25) is 0 Å². The maximum absolute atomic E-state index is 14.3. The SMILES string of the molecule is CC1=NC(C(=O)NC2CCC(NC(=O)c3cc(F)cnc3Oc3cccc(-c4ccc(CCN5CCC(N6CCCC6)CC5)cc4)c3)CC2)CS1. The van der Waals surface area contributed by atoms with Gasteiger partial charge in [-0.2, -0.15) is 0 Å². The van der Waals surface area contributed by atoms with E-state index in [1.54, 1.807) is 11.8 Å². The molecule has 2 saturated heterocycles. The number of likely N-dealkylation sites (tertiary alicyclic amines) is 2. The number of benzene rings is 2. The third-order valence-electron chi connectivity index (χ3n) is 10.8. The van der Waals surface area contributed by atoms with Gasteiger partial charge in [0.25, 0.3) is 5.91 Å². The van der Waals surface area contributed by atoms with Gasteiger partial charge in [-0.05, 0) is 126 Å². The number of carbonyl (C=O) groups excluding carboxylic acids is 2. The summed E-state index contributed by atoms with van der Waals surface area (Å²) in [5, 5.41) is 7.11. The van der Waals surface area contributed by atoms with Crippen molar-refractivity contribution in [2.75, 3.05) is 38.5 Å². The molecule has 0 radical (unpaired) electrons. The Morgan fingerprint density at radius 2 is 1.63 bits per heavy atom. The van der Waals surface area contributed by atoms with E-state index in [1.165, 1.54) is 63.5 Å². The van der Waals surface area contributed by atoms with E-state index in [-0.39, 0.29) is 35.5 Å². The lowest BCUT2D eigenvalue weighted by Gasteiger charge is -2.36. The van der Waals surface area contributed by atoms with E-state index < -0.39 is 11.7 Å². The molecule has 1 unspecified atom stereocenters. The van der Waals surface area contributed by atoms with Gasteiger partial charge in [0, 0.05) is 30.4 Å². The van der Waals surface area contributed by atoms with Crippen molar-refractivity contribution in [2.24, 2.45) is 4.99 Å². The topological polar surface area (TPSA) is 99.2 Å². The Morgan fingerprint density at radius 3 is 2.33 bits per heavy atom. The van der Waals surface area contributed by atoms with Crippen molar-refractivity contribution in [2.45, 2.75) is 88.9 Å². The smallest absolute Gasteiger partial charge is 0.257 e. The van der Waals surface area contributed by atoms with Crippen LogP contribution < -0.4 is 15.4 Å². The van der Waals surface area contributed by atoms with Gasteiger partial charge >= 0.3 is 0 Å². The summed E-state index contributed by atoms with van der Waals surface area (Å²) in [4.78, 5) is 39.8. The molecule has 1 aliphatic carbocycles. The Hall–Kier alpha value is -3.80. The summed E-state index contributed by atoms with van der Waals surface area (Å²) in [7, 11) is 0. The van der Waals surface area contributed by atoms with Gasteiger partial charge in [0.15, 0.2) is 0 Å². The van der Waals surface area contributed by atoms with Crippen molar-refractivity contribution in [1.82, 2.24) is 25.4 Å². The number of hydrogen-bond donors (Lipinski definition) is 2. The van der Waals surface area contributed by atoms with Gasteiger partial charge < -0.3 is 25.2 Å². The summed E-state index contributed by atoms with van der Waals surface area (Å²) in [6, 6.07) is 17.9. The van der Waals surface area contributed by atoms with Crippen molar-refractivity contribution in [3.8, 4) is 22.8 Å². The Kier molecular flexibility index (Phi) is 11.6. The first-order valence-corrected chi connectivity index (χ1v) is 19.6. The first-order chi connectivity index (χ1) is 24.9. The average molecular weight is 713 g/mol. The molecule has 1 saturated carbocycles. The molecule has 0 bridgehead atoms. The summed E-state index contributed by atoms with van der Waals surface area (Å²) in [6.07, 6.45) is 10.3. The molecule has 0 spiro atoms. The summed E-state index contributed by atoms with van der Waals surface area (Å²) in [5.41, 5.74) is 3.42. The highest BCUT2D eigenvalue weighted by Crippen LogP contribution is 2.30. The second-order valence-corrected chi connectivity index (χ2v) is 15.6. The molecular formula is C40H49FN6O3S. The zero-order chi connectivity index (χ0) is 35.2. The number of aliphatic imine (C=N–C) groups is 1. The molecule has 2 amide bonds. The zero-order valence-corrected chi connectivity index (χ0v) is 30.3. The van der Waals surface area contributed by atoms with Crippen molar-refractivity contribution in [3.05, 3.63) is 77.7 Å². The van der Waals surface area contributed by atoms with Gasteiger partial charge in [-0.15, -0.1) is 11.8 Å². The van der Waals surface area contributed by atoms with E-state index in [1.807, 2.05) is 31.2 Å². The number of pyridine rings is 1. The molecule has 4 aliphatic rings. The molecule has 1 aromatic heterocycles. The minimum absolute atomic E-state index is 0.0328. The maximum atomic E-state index is 14.3. The summed E-state index contributed by atoms with van der Waals surface area (Å²) < 4.78 is 20.5. The minimum atomic E-state index is -0.609. The van der Waals surface area contributed by atoms with Gasteiger partial charge in [0.2, 0.25) is 11.8 Å². The summed E-state index contributed by atoms with van der Waals surface area (Å²) in [6.45, 7) is 7.97. The average Bonchev–Trinajstić information content (AvgIpc) is 3.86. The number of halogens is 1. The molecule has 3 aromatic rings. The monoisotopic (exact) mass is 712 g/mol. The number of thioether (sulfide) groups is 1. The van der Waals surface area contributed by atoms with E-state index >= 15 is 0 Å². The third-order valence-corrected chi connectivity index (χ3v) is 11.8. The number of rotatable bonds is 11. The van der Waals surface area contributed by atoms with Crippen molar-refractivity contribution in [3.63, 3.8) is 0 Å². The fraction of sp³-hybridized carbons (Fsp3) is 0.500. The number of aromatic nitrogens is 1. The molecule has 9 nitrogen and oxygen atoms in total. The van der Waals surface area contributed by atoms with Crippen LogP contribution in [-0.2, 0) is 11.2 Å². The molecule has 4 heterocycles. The lowest BCUT2D eigenvalue weighted by atomic mass is 9.90. The van der Waals surface area contributed by atoms with Crippen LogP contribution in [0.25, 0.3) is 11.1 Å². The molecular weight excluding hydrogens is 664 g/mol. The van der Waals surface area contributed by atoms with E-state index in [4.69, 9.17) is 4.74 Å². The van der Waals surface area contributed by atoms with E-state index in [0.717, 1.165) is 54.2 Å². The minimum Gasteiger partial charge on any atom is -0.438 e. The number of hydrogen-bond acceptors (Lipinski definition) is 8. The Morgan fingerprint density at radius 1 is 0.902 bits per heavy atom. The number of ether oxygens (including phenoxy) is 1. The summed E-state index contributed by atoms with van der Waals surface area (Å²) in [5.74, 6) is 0.179. The number of carbonyl (C=O) groups is 2. The maximum Gasteiger partial charge on any atom is 0.257 e. The van der Waals surface area contributed by atoms with Crippen molar-refractivity contribution in [1.29, 1.82) is 0 Å². The highest BCUT2D eigenvalue weighted by Gasteiger charge is 2.29. The van der Waals surface area contributed by atoms with Gasteiger partial charge in [0.1, 0.15) is 23.2 Å². The molecule has 3 fully saturated rings. The lowest BCUT2D eigenvalue weighted by molar-refractivity contribution is -0.122. The first kappa shape index (κ1) is 35.6. The van der Waals surface area contributed by atoms with Crippen LogP contribution in [0.1, 0.15) is 74.2 Å². The zero-order valence-electron chi connectivity index (χ0n) is 29.5. The largest absolute Gasteiger partial charge is 0.438 e. The van der Waals surface area contributed by atoms with Crippen LogP contribution >= 0.6 is 11.8 Å². The molecule has 7 rings (SSSR count). The lowest BCUT2D eigenvalue weighted by Crippen LogP contribution is -2.46. The molecule has 2 aromatic carbocycles.